The van der Waals surface area contributed by atoms with Crippen LogP contribution in [0.3, 0.4) is 0 Å². The van der Waals surface area contributed by atoms with Gasteiger partial charge >= 0.3 is 13.0 Å². The van der Waals surface area contributed by atoms with E-state index >= 15 is 0 Å². The van der Waals surface area contributed by atoms with Crippen LogP contribution < -0.4 is 4.90 Å². The second-order valence-corrected chi connectivity index (χ2v) is 7.46. The Morgan fingerprint density at radius 2 is 1.88 bits per heavy atom. The molecule has 2 aliphatic heterocycles. The highest BCUT2D eigenvalue weighted by atomic mass is 16.5. The molecule has 1 amide bonds. The number of esters is 1. The summed E-state index contributed by atoms with van der Waals surface area (Å²) in [7, 11) is 0.819. The molecule has 1 N–H and O–H groups in total. The summed E-state index contributed by atoms with van der Waals surface area (Å²) in [6, 6.07) is 7.70. The van der Waals surface area contributed by atoms with E-state index in [9.17, 15) is 14.6 Å². The zero-order chi connectivity index (χ0) is 18.4. The molecule has 7 heteroatoms. The second-order valence-electron chi connectivity index (χ2n) is 7.46. The maximum Gasteiger partial charge on any atom is 0.376 e. The van der Waals surface area contributed by atoms with E-state index in [0.717, 1.165) is 11.3 Å². The van der Waals surface area contributed by atoms with Crippen molar-refractivity contribution in [2.24, 2.45) is 0 Å². The van der Waals surface area contributed by atoms with Crippen LogP contribution >= 0.6 is 0 Å². The highest BCUT2D eigenvalue weighted by Crippen LogP contribution is 2.50. The first-order valence-corrected chi connectivity index (χ1v) is 8.70. The standard InChI is InChI=1S/C18H25BN2O4/c1-17(2,16(23)25-4)21-14-8-6-5-7-13(14)18(15(21)22)9-11-20(12-10-18)19(3)24/h5-8,24H,9-12H2,1-4H3. The van der Waals surface area contributed by atoms with Crippen molar-refractivity contribution < 1.29 is 19.3 Å². The molecule has 1 saturated heterocycles. The predicted octanol–water partition coefficient (Wildman–Crippen LogP) is 1.43. The van der Waals surface area contributed by atoms with Crippen LogP contribution in [0.1, 0.15) is 32.3 Å². The zero-order valence-electron chi connectivity index (χ0n) is 15.3. The van der Waals surface area contributed by atoms with Gasteiger partial charge in [0, 0.05) is 5.69 Å². The van der Waals surface area contributed by atoms with Crippen molar-refractivity contribution in [3.63, 3.8) is 0 Å². The van der Waals surface area contributed by atoms with E-state index in [2.05, 4.69) is 0 Å². The molecule has 0 unspecified atom stereocenters. The van der Waals surface area contributed by atoms with Gasteiger partial charge in [-0.2, -0.15) is 0 Å². The summed E-state index contributed by atoms with van der Waals surface area (Å²) in [5.74, 6) is -0.483. The maximum absolute atomic E-state index is 13.5. The molecular formula is C18H25BN2O4. The van der Waals surface area contributed by atoms with Gasteiger partial charge in [-0.25, -0.2) is 4.79 Å². The van der Waals surface area contributed by atoms with E-state index in [1.54, 1.807) is 25.6 Å². The monoisotopic (exact) mass is 344 g/mol. The summed E-state index contributed by atoms with van der Waals surface area (Å²) in [5, 5.41) is 9.82. The Hall–Kier alpha value is -1.86. The number of benzene rings is 1. The molecule has 0 saturated carbocycles. The van der Waals surface area contributed by atoms with Crippen molar-refractivity contribution in [2.75, 3.05) is 25.1 Å². The summed E-state index contributed by atoms with van der Waals surface area (Å²) in [4.78, 5) is 29.4. The van der Waals surface area contributed by atoms with Gasteiger partial charge in [0.25, 0.3) is 0 Å². The van der Waals surface area contributed by atoms with Crippen LogP contribution in [0.5, 0.6) is 0 Å². The predicted molar refractivity (Wildman–Crippen MR) is 96.3 cm³/mol. The molecule has 3 rings (SSSR count). The number of nitrogens with zero attached hydrogens (tertiary/aromatic N) is 2. The number of amides is 1. The normalized spacial score (nSPS) is 19.9. The number of methoxy groups -OCH3 is 1. The molecule has 0 bridgehead atoms. The average molecular weight is 344 g/mol. The average Bonchev–Trinajstić information content (AvgIpc) is 2.84. The lowest BCUT2D eigenvalue weighted by molar-refractivity contribution is -0.147. The van der Waals surface area contributed by atoms with Gasteiger partial charge in [0.15, 0.2) is 0 Å². The van der Waals surface area contributed by atoms with Crippen molar-refractivity contribution >= 4 is 24.6 Å². The maximum atomic E-state index is 13.5. The van der Waals surface area contributed by atoms with Crippen molar-refractivity contribution in [3.8, 4) is 0 Å². The minimum absolute atomic E-state index is 0.0469. The van der Waals surface area contributed by atoms with E-state index < -0.39 is 24.0 Å². The largest absolute Gasteiger partial charge is 0.467 e. The molecule has 1 aromatic rings. The molecule has 1 fully saturated rings. The second kappa shape index (κ2) is 6.14. The van der Waals surface area contributed by atoms with Crippen molar-refractivity contribution in [2.45, 2.75) is 44.5 Å². The summed E-state index contributed by atoms with van der Waals surface area (Å²) >= 11 is 0. The fraction of sp³-hybridized carbons (Fsp3) is 0.556. The third-order valence-corrected chi connectivity index (χ3v) is 5.70. The minimum atomic E-state index is -1.08. The Labute approximate surface area is 148 Å². The number of piperidine rings is 1. The lowest BCUT2D eigenvalue weighted by atomic mass is 9.70. The minimum Gasteiger partial charge on any atom is -0.467 e. The molecule has 134 valence electrons. The SMILES string of the molecule is COC(=O)C(C)(C)N1C(=O)C2(CCN(B(C)O)CC2)c2ccccc21. The Morgan fingerprint density at radius 3 is 2.44 bits per heavy atom. The summed E-state index contributed by atoms with van der Waals surface area (Å²) in [5.41, 5.74) is 0.0516. The fourth-order valence-corrected chi connectivity index (χ4v) is 4.17. The Morgan fingerprint density at radius 1 is 1.28 bits per heavy atom. The number of hydrogen-bond donors (Lipinski definition) is 1. The van der Waals surface area contributed by atoms with Gasteiger partial charge in [0.2, 0.25) is 5.91 Å². The number of carbonyl (C=O) groups is 2. The Bertz CT molecular complexity index is 696. The van der Waals surface area contributed by atoms with Crippen molar-refractivity contribution in [1.82, 2.24) is 4.81 Å². The first kappa shape index (κ1) is 18.0. The van der Waals surface area contributed by atoms with Gasteiger partial charge in [-0.1, -0.05) is 18.2 Å². The fourth-order valence-electron chi connectivity index (χ4n) is 4.17. The van der Waals surface area contributed by atoms with Crippen LogP contribution in [0.2, 0.25) is 6.82 Å². The van der Waals surface area contributed by atoms with E-state index in [0.29, 0.717) is 25.9 Å². The van der Waals surface area contributed by atoms with E-state index in [1.807, 2.05) is 29.1 Å². The summed E-state index contributed by atoms with van der Waals surface area (Å²) in [6.07, 6.45) is 1.25. The van der Waals surface area contributed by atoms with Gasteiger partial charge in [-0.05, 0) is 58.2 Å². The van der Waals surface area contributed by atoms with Gasteiger partial charge < -0.3 is 14.6 Å². The van der Waals surface area contributed by atoms with E-state index in [-0.39, 0.29) is 5.91 Å². The molecule has 2 aliphatic rings. The number of carbonyl (C=O) groups excluding carboxylic acids is 2. The van der Waals surface area contributed by atoms with Crippen LogP contribution in [0.4, 0.5) is 5.69 Å². The van der Waals surface area contributed by atoms with Crippen LogP contribution in [-0.2, 0) is 19.7 Å². The van der Waals surface area contributed by atoms with Crippen LogP contribution in [0, 0.1) is 0 Å². The van der Waals surface area contributed by atoms with Crippen LogP contribution in [-0.4, -0.2) is 54.5 Å². The molecule has 0 aliphatic carbocycles. The van der Waals surface area contributed by atoms with Gasteiger partial charge in [-0.15, -0.1) is 0 Å². The Balaban J connectivity index is 2.04. The lowest BCUT2D eigenvalue weighted by Crippen LogP contribution is -2.58. The first-order chi connectivity index (χ1) is 11.8. The number of fused-ring (bicyclic) bond motifs is 2. The molecule has 25 heavy (non-hydrogen) atoms. The van der Waals surface area contributed by atoms with Gasteiger partial charge in [-0.3, -0.25) is 9.69 Å². The third kappa shape index (κ3) is 2.57. The van der Waals surface area contributed by atoms with Crippen LogP contribution in [0.25, 0.3) is 0 Å². The Kier molecular flexibility index (Phi) is 4.41. The summed E-state index contributed by atoms with van der Waals surface area (Å²) < 4.78 is 4.94. The molecule has 1 aromatic carbocycles. The van der Waals surface area contributed by atoms with Crippen molar-refractivity contribution in [1.29, 1.82) is 0 Å². The molecule has 6 nitrogen and oxygen atoms in total. The van der Waals surface area contributed by atoms with E-state index in [4.69, 9.17) is 4.74 Å². The first-order valence-electron chi connectivity index (χ1n) is 8.70. The summed E-state index contributed by atoms with van der Waals surface area (Å²) in [6.45, 7) is 6.47. The van der Waals surface area contributed by atoms with Crippen molar-refractivity contribution in [3.05, 3.63) is 29.8 Å². The molecule has 1 spiro atoms. The topological polar surface area (TPSA) is 70.1 Å². The molecule has 0 aromatic heterocycles. The third-order valence-electron chi connectivity index (χ3n) is 5.70. The zero-order valence-corrected chi connectivity index (χ0v) is 15.3. The molecule has 2 heterocycles. The number of para-hydroxylation sites is 1. The highest BCUT2D eigenvalue weighted by molar-refractivity contribution is 6.45. The van der Waals surface area contributed by atoms with E-state index in [1.165, 1.54) is 7.11 Å². The number of rotatable bonds is 3. The number of ether oxygens (including phenoxy) is 1. The highest BCUT2D eigenvalue weighted by Gasteiger charge is 2.57. The van der Waals surface area contributed by atoms with Crippen LogP contribution in [0.15, 0.2) is 24.3 Å². The molecular weight excluding hydrogens is 319 g/mol. The smallest absolute Gasteiger partial charge is 0.376 e. The molecule has 0 radical (unpaired) electrons. The molecule has 0 atom stereocenters. The number of anilines is 1. The lowest BCUT2D eigenvalue weighted by Gasteiger charge is -2.40. The van der Waals surface area contributed by atoms with Gasteiger partial charge in [0.05, 0.1) is 12.5 Å². The number of hydrogen-bond acceptors (Lipinski definition) is 5. The quantitative estimate of drug-likeness (QED) is 0.664. The van der Waals surface area contributed by atoms with Gasteiger partial charge in [0.1, 0.15) is 5.54 Å².